The highest BCUT2D eigenvalue weighted by Gasteiger charge is 2.37. The van der Waals surface area contributed by atoms with Gasteiger partial charge in [0.1, 0.15) is 5.82 Å². The lowest BCUT2D eigenvalue weighted by molar-refractivity contribution is 0.236. The number of nitrogens with one attached hydrogen (secondary N) is 2. The molecule has 1 saturated carbocycles. The molecule has 23 heavy (non-hydrogen) atoms. The molecule has 0 radical (unpaired) electrons. The van der Waals surface area contributed by atoms with Crippen molar-refractivity contribution in [2.75, 3.05) is 5.32 Å². The van der Waals surface area contributed by atoms with Crippen molar-refractivity contribution < 1.29 is 9.18 Å². The highest BCUT2D eigenvalue weighted by Crippen LogP contribution is 2.38. The van der Waals surface area contributed by atoms with E-state index in [4.69, 9.17) is 0 Å². The number of hydrogen-bond donors (Lipinski definition) is 2. The Morgan fingerprint density at radius 3 is 2.35 bits per heavy atom. The second-order valence-electron chi connectivity index (χ2n) is 6.19. The number of anilines is 1. The highest BCUT2D eigenvalue weighted by molar-refractivity contribution is 5.90. The normalized spacial score (nSPS) is 16.1. The van der Waals surface area contributed by atoms with Gasteiger partial charge in [0.05, 0.1) is 5.54 Å². The Labute approximate surface area is 135 Å². The smallest absolute Gasteiger partial charge is 0.319 e. The van der Waals surface area contributed by atoms with Gasteiger partial charge >= 0.3 is 6.03 Å². The molecule has 1 aliphatic carbocycles. The van der Waals surface area contributed by atoms with Crippen LogP contribution in [0.5, 0.6) is 0 Å². The van der Waals surface area contributed by atoms with Gasteiger partial charge in [-0.2, -0.15) is 0 Å². The van der Waals surface area contributed by atoms with Crippen LogP contribution in [0.15, 0.2) is 48.5 Å². The molecule has 1 aliphatic rings. The van der Waals surface area contributed by atoms with Crippen molar-refractivity contribution in [2.45, 2.75) is 38.1 Å². The largest absolute Gasteiger partial charge is 0.328 e. The summed E-state index contributed by atoms with van der Waals surface area (Å²) >= 11 is 0. The molecule has 2 aromatic carbocycles. The third-order valence-electron chi connectivity index (χ3n) is 4.60. The monoisotopic (exact) mass is 312 g/mol. The lowest BCUT2D eigenvalue weighted by atomic mass is 9.88. The van der Waals surface area contributed by atoms with E-state index in [9.17, 15) is 9.18 Å². The zero-order valence-electron chi connectivity index (χ0n) is 13.2. The molecule has 0 saturated heterocycles. The number of urea groups is 1. The fraction of sp³-hybridized carbons (Fsp3) is 0.316. The minimum Gasteiger partial charge on any atom is -0.328 e. The van der Waals surface area contributed by atoms with Crippen LogP contribution >= 0.6 is 0 Å². The zero-order chi connectivity index (χ0) is 16.3. The fourth-order valence-electron chi connectivity index (χ4n) is 3.32. The summed E-state index contributed by atoms with van der Waals surface area (Å²) in [6.07, 6.45) is 3.86. The van der Waals surface area contributed by atoms with Gasteiger partial charge in [-0.05, 0) is 49.1 Å². The van der Waals surface area contributed by atoms with Gasteiger partial charge in [0.2, 0.25) is 0 Å². The first-order valence-electron chi connectivity index (χ1n) is 8.00. The van der Waals surface area contributed by atoms with Crippen LogP contribution in [0, 0.1) is 12.7 Å². The van der Waals surface area contributed by atoms with Crippen LogP contribution in [0.3, 0.4) is 0 Å². The fourth-order valence-corrected chi connectivity index (χ4v) is 3.32. The molecular weight excluding hydrogens is 291 g/mol. The first-order valence-corrected chi connectivity index (χ1v) is 8.00. The number of carbonyl (C=O) groups is 1. The number of aryl methyl sites for hydroxylation is 1. The molecular formula is C19H21FN2O. The number of amides is 2. The topological polar surface area (TPSA) is 41.1 Å². The summed E-state index contributed by atoms with van der Waals surface area (Å²) in [5, 5.41) is 6.05. The molecule has 0 spiro atoms. The van der Waals surface area contributed by atoms with Crippen molar-refractivity contribution >= 4 is 11.7 Å². The summed E-state index contributed by atoms with van der Waals surface area (Å²) < 4.78 is 13.2. The number of para-hydroxylation sites is 1. The molecule has 0 bridgehead atoms. The van der Waals surface area contributed by atoms with Crippen LogP contribution in [0.1, 0.15) is 36.8 Å². The van der Waals surface area contributed by atoms with Crippen LogP contribution in [0.25, 0.3) is 0 Å². The summed E-state index contributed by atoms with van der Waals surface area (Å²) in [7, 11) is 0. The standard InChI is InChI=1S/C19H21FN2O/c1-14-6-2-3-7-17(14)21-18(23)22-19(12-4-5-13-19)15-8-10-16(20)11-9-15/h2-3,6-11H,4-5,12-13H2,1H3,(H2,21,22,23). The van der Waals surface area contributed by atoms with E-state index in [0.29, 0.717) is 0 Å². The first-order chi connectivity index (χ1) is 11.1. The van der Waals surface area contributed by atoms with Crippen molar-refractivity contribution in [1.29, 1.82) is 0 Å². The maximum atomic E-state index is 13.2. The molecule has 1 fully saturated rings. The van der Waals surface area contributed by atoms with Gasteiger partial charge in [-0.25, -0.2) is 9.18 Å². The molecule has 0 atom stereocenters. The second kappa shape index (κ2) is 6.41. The molecule has 0 unspecified atom stereocenters. The minimum absolute atomic E-state index is 0.217. The molecule has 4 heteroatoms. The summed E-state index contributed by atoms with van der Waals surface area (Å²) in [6, 6.07) is 13.9. The Morgan fingerprint density at radius 1 is 1.04 bits per heavy atom. The molecule has 2 amide bonds. The van der Waals surface area contributed by atoms with E-state index < -0.39 is 5.54 Å². The number of hydrogen-bond acceptors (Lipinski definition) is 1. The highest BCUT2D eigenvalue weighted by atomic mass is 19.1. The maximum absolute atomic E-state index is 13.2. The van der Waals surface area contributed by atoms with Crippen molar-refractivity contribution in [3.63, 3.8) is 0 Å². The van der Waals surface area contributed by atoms with Gasteiger partial charge in [0, 0.05) is 5.69 Å². The van der Waals surface area contributed by atoms with E-state index >= 15 is 0 Å². The molecule has 3 nitrogen and oxygen atoms in total. The summed E-state index contributed by atoms with van der Waals surface area (Å²) in [5.41, 5.74) is 2.39. The first kappa shape index (κ1) is 15.5. The van der Waals surface area contributed by atoms with Gasteiger partial charge in [0.25, 0.3) is 0 Å². The third kappa shape index (κ3) is 3.36. The van der Waals surface area contributed by atoms with E-state index in [1.54, 1.807) is 12.1 Å². The van der Waals surface area contributed by atoms with Gasteiger partial charge in [-0.1, -0.05) is 43.2 Å². The lowest BCUT2D eigenvalue weighted by Crippen LogP contribution is -2.45. The van der Waals surface area contributed by atoms with Crippen LogP contribution < -0.4 is 10.6 Å². The average molecular weight is 312 g/mol. The number of rotatable bonds is 3. The lowest BCUT2D eigenvalue weighted by Gasteiger charge is -2.31. The van der Waals surface area contributed by atoms with Crippen molar-refractivity contribution in [3.05, 3.63) is 65.5 Å². The number of halogens is 1. The minimum atomic E-state index is -0.402. The maximum Gasteiger partial charge on any atom is 0.319 e. The number of benzene rings is 2. The van der Waals surface area contributed by atoms with E-state index in [0.717, 1.165) is 42.5 Å². The molecule has 2 N–H and O–H groups in total. The van der Waals surface area contributed by atoms with Gasteiger partial charge in [-0.3, -0.25) is 0 Å². The van der Waals surface area contributed by atoms with E-state index in [1.807, 2.05) is 31.2 Å². The van der Waals surface area contributed by atoms with Crippen LogP contribution in [0.2, 0.25) is 0 Å². The Hall–Kier alpha value is -2.36. The van der Waals surface area contributed by atoms with Crippen LogP contribution in [0.4, 0.5) is 14.9 Å². The Bertz CT molecular complexity index is 691. The summed E-state index contributed by atoms with van der Waals surface area (Å²) in [4.78, 5) is 12.5. The predicted molar refractivity (Wildman–Crippen MR) is 89.9 cm³/mol. The molecule has 0 aromatic heterocycles. The zero-order valence-corrected chi connectivity index (χ0v) is 13.2. The van der Waals surface area contributed by atoms with Crippen LogP contribution in [-0.2, 0) is 5.54 Å². The average Bonchev–Trinajstić information content (AvgIpc) is 3.00. The Kier molecular flexibility index (Phi) is 4.33. The van der Waals surface area contributed by atoms with Crippen molar-refractivity contribution in [1.82, 2.24) is 5.32 Å². The van der Waals surface area contributed by atoms with E-state index in [2.05, 4.69) is 10.6 Å². The van der Waals surface area contributed by atoms with E-state index in [-0.39, 0.29) is 11.8 Å². The SMILES string of the molecule is Cc1ccccc1NC(=O)NC1(c2ccc(F)cc2)CCCC1. The summed E-state index contributed by atoms with van der Waals surface area (Å²) in [6.45, 7) is 1.96. The molecule has 3 rings (SSSR count). The molecule has 0 heterocycles. The summed E-state index contributed by atoms with van der Waals surface area (Å²) in [5.74, 6) is -0.258. The Balaban J connectivity index is 1.78. The molecule has 0 aliphatic heterocycles. The van der Waals surface area contributed by atoms with Gasteiger partial charge < -0.3 is 10.6 Å². The number of carbonyl (C=O) groups excluding carboxylic acids is 1. The van der Waals surface area contributed by atoms with Crippen LogP contribution in [-0.4, -0.2) is 6.03 Å². The predicted octanol–water partition coefficient (Wildman–Crippen LogP) is 4.73. The van der Waals surface area contributed by atoms with Crippen molar-refractivity contribution in [3.8, 4) is 0 Å². The van der Waals surface area contributed by atoms with Gasteiger partial charge in [-0.15, -0.1) is 0 Å². The van der Waals surface area contributed by atoms with E-state index in [1.165, 1.54) is 12.1 Å². The Morgan fingerprint density at radius 2 is 1.70 bits per heavy atom. The van der Waals surface area contributed by atoms with Crippen molar-refractivity contribution in [2.24, 2.45) is 0 Å². The molecule has 120 valence electrons. The third-order valence-corrected chi connectivity index (χ3v) is 4.60. The quantitative estimate of drug-likeness (QED) is 0.845. The molecule has 2 aromatic rings. The van der Waals surface area contributed by atoms with Gasteiger partial charge in [0.15, 0.2) is 0 Å². The second-order valence-corrected chi connectivity index (χ2v) is 6.19.